The molecule has 2 fully saturated rings. The summed E-state index contributed by atoms with van der Waals surface area (Å²) in [4.78, 5) is 11.9. The van der Waals surface area contributed by atoms with Crippen molar-refractivity contribution in [3.05, 3.63) is 12.7 Å². The molecular formula is C9H16N4OS. The maximum Gasteiger partial charge on any atom is 0.244 e. The topological polar surface area (TPSA) is 56.4 Å². The molecule has 2 heterocycles. The maximum atomic E-state index is 11.9. The highest BCUT2D eigenvalue weighted by molar-refractivity contribution is 7.99. The monoisotopic (exact) mass is 228 g/mol. The fourth-order valence-corrected chi connectivity index (χ4v) is 2.45. The van der Waals surface area contributed by atoms with E-state index >= 15 is 0 Å². The fraction of sp³-hybridized carbons (Fsp3) is 0.667. The number of hydrogen-bond donors (Lipinski definition) is 3. The number of hydrazine groups is 1. The van der Waals surface area contributed by atoms with E-state index < -0.39 is 0 Å². The number of nitrogens with one attached hydrogen (secondary N) is 3. The van der Waals surface area contributed by atoms with Crippen molar-refractivity contribution in [2.24, 2.45) is 5.92 Å². The van der Waals surface area contributed by atoms with Gasteiger partial charge in [0, 0.05) is 6.54 Å². The molecule has 0 aromatic rings. The molecule has 2 aliphatic heterocycles. The van der Waals surface area contributed by atoms with Gasteiger partial charge in [-0.05, 0) is 6.26 Å². The Kier molecular flexibility index (Phi) is 3.30. The first-order valence-corrected chi connectivity index (χ1v) is 6.25. The molecule has 3 N–H and O–H groups in total. The average molecular weight is 228 g/mol. The van der Waals surface area contributed by atoms with Gasteiger partial charge in [0.25, 0.3) is 0 Å². The number of carbonyl (C=O) groups excluding carboxylic acids is 1. The SMILES string of the molecule is C=CCN1NC2NC(SC)NCC2C1=O. The van der Waals surface area contributed by atoms with Crippen LogP contribution in [0.15, 0.2) is 12.7 Å². The lowest BCUT2D eigenvalue weighted by molar-refractivity contribution is -0.132. The van der Waals surface area contributed by atoms with Gasteiger partial charge in [-0.2, -0.15) is 0 Å². The number of nitrogens with zero attached hydrogens (tertiary/aromatic N) is 1. The summed E-state index contributed by atoms with van der Waals surface area (Å²) < 4.78 is 0. The Bertz CT molecular complexity index is 273. The van der Waals surface area contributed by atoms with Gasteiger partial charge in [-0.25, -0.2) is 5.43 Å². The van der Waals surface area contributed by atoms with Crippen molar-refractivity contribution in [1.29, 1.82) is 0 Å². The molecule has 0 aliphatic carbocycles. The van der Waals surface area contributed by atoms with Gasteiger partial charge in [0.1, 0.15) is 5.50 Å². The fourth-order valence-electron chi connectivity index (χ4n) is 1.90. The molecular weight excluding hydrogens is 212 g/mol. The smallest absolute Gasteiger partial charge is 0.244 e. The van der Waals surface area contributed by atoms with Crippen LogP contribution in [0.1, 0.15) is 0 Å². The van der Waals surface area contributed by atoms with E-state index in [2.05, 4.69) is 22.6 Å². The first-order valence-electron chi connectivity index (χ1n) is 4.97. The lowest BCUT2D eigenvalue weighted by Crippen LogP contribution is -2.59. The van der Waals surface area contributed by atoms with Crippen LogP contribution in [-0.2, 0) is 4.79 Å². The molecule has 1 amide bonds. The quantitative estimate of drug-likeness (QED) is 0.558. The van der Waals surface area contributed by atoms with E-state index in [4.69, 9.17) is 0 Å². The lowest BCUT2D eigenvalue weighted by atomic mass is 10.1. The molecule has 5 nitrogen and oxygen atoms in total. The highest BCUT2D eigenvalue weighted by Crippen LogP contribution is 2.19. The Morgan fingerprint density at radius 1 is 1.73 bits per heavy atom. The van der Waals surface area contributed by atoms with E-state index in [1.807, 2.05) is 6.26 Å². The third-order valence-electron chi connectivity index (χ3n) is 2.68. The van der Waals surface area contributed by atoms with Gasteiger partial charge < -0.3 is 0 Å². The van der Waals surface area contributed by atoms with E-state index in [0.29, 0.717) is 6.54 Å². The van der Waals surface area contributed by atoms with Crippen LogP contribution in [0.3, 0.4) is 0 Å². The summed E-state index contributed by atoms with van der Waals surface area (Å²) in [6.45, 7) is 4.91. The van der Waals surface area contributed by atoms with Crippen LogP contribution in [0.5, 0.6) is 0 Å². The Labute approximate surface area is 93.6 Å². The summed E-state index contributed by atoms with van der Waals surface area (Å²) in [5.74, 6) is 0.132. The Balaban J connectivity index is 2.01. The van der Waals surface area contributed by atoms with Crippen molar-refractivity contribution in [2.75, 3.05) is 19.3 Å². The van der Waals surface area contributed by atoms with Gasteiger partial charge in [-0.1, -0.05) is 6.08 Å². The molecule has 0 spiro atoms. The second kappa shape index (κ2) is 4.52. The molecule has 84 valence electrons. The molecule has 0 radical (unpaired) electrons. The normalized spacial score (nSPS) is 35.4. The van der Waals surface area contributed by atoms with Crippen LogP contribution < -0.4 is 16.1 Å². The van der Waals surface area contributed by atoms with Crippen LogP contribution in [-0.4, -0.2) is 41.9 Å². The molecule has 0 bridgehead atoms. The van der Waals surface area contributed by atoms with Gasteiger partial charge in [-0.15, -0.1) is 18.3 Å². The van der Waals surface area contributed by atoms with E-state index in [1.165, 1.54) is 0 Å². The molecule has 2 aliphatic rings. The van der Waals surface area contributed by atoms with Gasteiger partial charge in [0.2, 0.25) is 5.91 Å². The van der Waals surface area contributed by atoms with Crippen LogP contribution in [0.25, 0.3) is 0 Å². The number of thioether (sulfide) groups is 1. The molecule has 3 atom stereocenters. The summed E-state index contributed by atoms with van der Waals surface area (Å²) in [7, 11) is 0. The van der Waals surface area contributed by atoms with Gasteiger partial charge in [-0.3, -0.25) is 20.4 Å². The van der Waals surface area contributed by atoms with Gasteiger partial charge in [0.15, 0.2) is 0 Å². The largest absolute Gasteiger partial charge is 0.292 e. The maximum absolute atomic E-state index is 11.9. The second-order valence-corrected chi connectivity index (χ2v) is 4.58. The molecule has 0 aromatic carbocycles. The minimum atomic E-state index is -0.00616. The molecule has 6 heteroatoms. The summed E-state index contributed by atoms with van der Waals surface area (Å²) in [6.07, 6.45) is 3.81. The number of carbonyl (C=O) groups is 1. The zero-order chi connectivity index (χ0) is 10.8. The molecule has 0 saturated carbocycles. The van der Waals surface area contributed by atoms with Crippen LogP contribution in [0.2, 0.25) is 0 Å². The first-order chi connectivity index (χ1) is 7.26. The van der Waals surface area contributed by atoms with Crippen molar-refractivity contribution in [3.8, 4) is 0 Å². The van der Waals surface area contributed by atoms with Gasteiger partial charge in [0.05, 0.1) is 18.6 Å². The first kappa shape index (κ1) is 10.9. The highest BCUT2D eigenvalue weighted by atomic mass is 32.2. The number of amides is 1. The van der Waals surface area contributed by atoms with Crippen molar-refractivity contribution in [3.63, 3.8) is 0 Å². The Morgan fingerprint density at radius 3 is 3.20 bits per heavy atom. The van der Waals surface area contributed by atoms with Crippen LogP contribution in [0, 0.1) is 5.92 Å². The molecule has 3 unspecified atom stereocenters. The number of fused-ring (bicyclic) bond motifs is 1. The standard InChI is InChI=1S/C9H16N4OS/c1-3-4-13-8(14)6-5-10-9(15-2)11-7(6)12-13/h3,6-7,9-12H,1,4-5H2,2H3. The third-order valence-corrected chi connectivity index (χ3v) is 3.46. The van der Waals surface area contributed by atoms with Crippen molar-refractivity contribution in [2.45, 2.75) is 11.7 Å². The zero-order valence-electron chi connectivity index (χ0n) is 8.69. The Hall–Kier alpha value is -0.560. The van der Waals surface area contributed by atoms with Crippen molar-refractivity contribution in [1.82, 2.24) is 21.1 Å². The predicted molar refractivity (Wildman–Crippen MR) is 60.8 cm³/mol. The number of hydrogen-bond acceptors (Lipinski definition) is 5. The summed E-state index contributed by atoms with van der Waals surface area (Å²) in [5, 5.41) is 8.22. The summed E-state index contributed by atoms with van der Waals surface area (Å²) in [6, 6.07) is 0. The van der Waals surface area contributed by atoms with Gasteiger partial charge >= 0.3 is 0 Å². The van der Waals surface area contributed by atoms with Crippen LogP contribution >= 0.6 is 11.8 Å². The predicted octanol–water partition coefficient (Wildman–Crippen LogP) is -0.699. The molecule has 2 rings (SSSR count). The average Bonchev–Trinajstić information content (AvgIpc) is 2.56. The molecule has 15 heavy (non-hydrogen) atoms. The number of rotatable bonds is 3. The summed E-state index contributed by atoms with van der Waals surface area (Å²) in [5.41, 5.74) is 3.37. The Morgan fingerprint density at radius 2 is 2.53 bits per heavy atom. The minimum Gasteiger partial charge on any atom is -0.292 e. The van der Waals surface area contributed by atoms with E-state index in [1.54, 1.807) is 22.8 Å². The second-order valence-electron chi connectivity index (χ2n) is 3.64. The van der Waals surface area contributed by atoms with Crippen molar-refractivity contribution < 1.29 is 4.79 Å². The van der Waals surface area contributed by atoms with Crippen molar-refractivity contribution >= 4 is 17.7 Å². The molecule has 2 saturated heterocycles. The lowest BCUT2D eigenvalue weighted by Gasteiger charge is -2.31. The van der Waals surface area contributed by atoms with E-state index in [9.17, 15) is 4.79 Å². The van der Waals surface area contributed by atoms with E-state index in [0.717, 1.165) is 6.54 Å². The highest BCUT2D eigenvalue weighted by Gasteiger charge is 2.42. The summed E-state index contributed by atoms with van der Waals surface area (Å²) >= 11 is 1.70. The van der Waals surface area contributed by atoms with Crippen LogP contribution in [0.4, 0.5) is 0 Å². The third kappa shape index (κ3) is 2.03. The zero-order valence-corrected chi connectivity index (χ0v) is 9.51. The van der Waals surface area contributed by atoms with E-state index in [-0.39, 0.29) is 23.5 Å². The molecule has 0 aromatic heterocycles. The minimum absolute atomic E-state index is 0.00616.